The summed E-state index contributed by atoms with van der Waals surface area (Å²) in [4.78, 5) is 27.7. The van der Waals surface area contributed by atoms with Crippen molar-refractivity contribution in [2.75, 3.05) is 5.32 Å². The topological polar surface area (TPSA) is 85.1 Å². The molecule has 0 unspecified atom stereocenters. The van der Waals surface area contributed by atoms with Crippen molar-refractivity contribution in [2.24, 2.45) is 0 Å². The van der Waals surface area contributed by atoms with E-state index in [0.29, 0.717) is 16.1 Å². The Hall–Kier alpha value is -3.20. The van der Waals surface area contributed by atoms with Gasteiger partial charge in [0.1, 0.15) is 0 Å². The molecule has 1 aromatic heterocycles. The summed E-state index contributed by atoms with van der Waals surface area (Å²) in [6, 6.07) is 9.43. The van der Waals surface area contributed by atoms with Crippen molar-refractivity contribution in [3.63, 3.8) is 0 Å². The van der Waals surface area contributed by atoms with E-state index in [-0.39, 0.29) is 22.8 Å². The molecule has 27 heavy (non-hydrogen) atoms. The van der Waals surface area contributed by atoms with Gasteiger partial charge in [0.2, 0.25) is 5.91 Å². The van der Waals surface area contributed by atoms with E-state index in [1.54, 1.807) is 13.0 Å². The predicted octanol–water partition coefficient (Wildman–Crippen LogP) is 4.49. The number of amides is 1. The molecular formula is C18H13F2N3O3S. The third-order valence-electron chi connectivity index (χ3n) is 3.78. The molecule has 0 saturated carbocycles. The smallest absolute Gasteiger partial charge is 0.273 e. The predicted molar refractivity (Wildman–Crippen MR) is 97.6 cm³/mol. The Morgan fingerprint density at radius 2 is 1.96 bits per heavy atom. The van der Waals surface area contributed by atoms with Crippen LogP contribution in [0, 0.1) is 28.7 Å². The van der Waals surface area contributed by atoms with Crippen LogP contribution < -0.4 is 5.32 Å². The highest BCUT2D eigenvalue weighted by Crippen LogP contribution is 2.31. The number of rotatable bonds is 5. The number of hydrogen-bond acceptors (Lipinski definition) is 5. The molecule has 0 atom stereocenters. The molecular weight excluding hydrogens is 376 g/mol. The van der Waals surface area contributed by atoms with Crippen LogP contribution in [0.5, 0.6) is 0 Å². The van der Waals surface area contributed by atoms with Gasteiger partial charge < -0.3 is 5.32 Å². The normalized spacial score (nSPS) is 10.6. The molecule has 0 aliphatic rings. The fourth-order valence-electron chi connectivity index (χ4n) is 2.54. The molecule has 0 aliphatic carbocycles. The van der Waals surface area contributed by atoms with Gasteiger partial charge in [0, 0.05) is 22.1 Å². The summed E-state index contributed by atoms with van der Waals surface area (Å²) in [6.45, 7) is 1.74. The van der Waals surface area contributed by atoms with E-state index in [2.05, 4.69) is 10.3 Å². The van der Waals surface area contributed by atoms with Gasteiger partial charge in [-0.05, 0) is 25.1 Å². The zero-order valence-corrected chi connectivity index (χ0v) is 14.8. The molecule has 3 aromatic rings. The van der Waals surface area contributed by atoms with Crippen LogP contribution in [0.1, 0.15) is 10.4 Å². The minimum absolute atomic E-state index is 0.134. The lowest BCUT2D eigenvalue weighted by Gasteiger charge is -2.03. The third kappa shape index (κ3) is 4.14. The molecule has 1 amide bonds. The van der Waals surface area contributed by atoms with E-state index in [0.717, 1.165) is 12.1 Å². The van der Waals surface area contributed by atoms with Crippen LogP contribution in [-0.2, 0) is 11.2 Å². The number of nitro groups is 1. The first kappa shape index (κ1) is 18.6. The number of anilines is 1. The van der Waals surface area contributed by atoms with Gasteiger partial charge in [-0.2, -0.15) is 0 Å². The monoisotopic (exact) mass is 389 g/mol. The van der Waals surface area contributed by atoms with E-state index in [1.165, 1.54) is 35.6 Å². The number of thiazole rings is 1. The molecule has 6 nitrogen and oxygen atoms in total. The Morgan fingerprint density at radius 3 is 2.67 bits per heavy atom. The van der Waals surface area contributed by atoms with Gasteiger partial charge in [-0.1, -0.05) is 18.2 Å². The summed E-state index contributed by atoms with van der Waals surface area (Å²) in [5.74, 6) is -2.40. The minimum atomic E-state index is -0.984. The van der Waals surface area contributed by atoms with Crippen LogP contribution in [-0.4, -0.2) is 15.8 Å². The number of carbonyl (C=O) groups is 1. The van der Waals surface area contributed by atoms with Gasteiger partial charge >= 0.3 is 0 Å². The van der Waals surface area contributed by atoms with E-state index >= 15 is 0 Å². The molecule has 9 heteroatoms. The number of hydrogen-bond donors (Lipinski definition) is 1. The van der Waals surface area contributed by atoms with Crippen molar-refractivity contribution in [3.8, 4) is 11.3 Å². The number of nitro benzene ring substituents is 1. The van der Waals surface area contributed by atoms with E-state index in [1.807, 2.05) is 0 Å². The minimum Gasteiger partial charge on any atom is -0.302 e. The van der Waals surface area contributed by atoms with Crippen LogP contribution in [0.2, 0.25) is 0 Å². The zero-order chi connectivity index (χ0) is 19.6. The van der Waals surface area contributed by atoms with Crippen LogP contribution >= 0.6 is 11.3 Å². The number of benzene rings is 2. The highest BCUT2D eigenvalue weighted by Gasteiger charge is 2.18. The Bertz CT molecular complexity index is 1040. The first-order valence-electron chi connectivity index (χ1n) is 7.80. The average Bonchev–Trinajstić information content (AvgIpc) is 2.97. The van der Waals surface area contributed by atoms with Crippen molar-refractivity contribution >= 4 is 28.1 Å². The Balaban J connectivity index is 1.78. The Morgan fingerprint density at radius 1 is 1.22 bits per heavy atom. The molecule has 0 spiro atoms. The number of nitrogens with one attached hydrogen (secondary N) is 1. The number of para-hydroxylation sites is 1. The highest BCUT2D eigenvalue weighted by atomic mass is 32.1. The van der Waals surface area contributed by atoms with Crippen molar-refractivity contribution in [1.29, 1.82) is 0 Å². The lowest BCUT2D eigenvalue weighted by atomic mass is 10.1. The van der Waals surface area contributed by atoms with Crippen LogP contribution in [0.3, 0.4) is 0 Å². The highest BCUT2D eigenvalue weighted by molar-refractivity contribution is 7.16. The lowest BCUT2D eigenvalue weighted by Crippen LogP contribution is -2.15. The van der Waals surface area contributed by atoms with Gasteiger partial charge in [-0.25, -0.2) is 13.8 Å². The van der Waals surface area contributed by atoms with Crippen LogP contribution in [0.15, 0.2) is 42.5 Å². The SMILES string of the molecule is Cc1sc(NC(=O)Cc2ccccc2[N+](=O)[O-])nc1-c1ccc(F)c(F)c1. The third-order valence-corrected chi connectivity index (χ3v) is 4.66. The van der Waals surface area contributed by atoms with E-state index in [4.69, 9.17) is 0 Å². The van der Waals surface area contributed by atoms with Crippen molar-refractivity contribution in [1.82, 2.24) is 4.98 Å². The van der Waals surface area contributed by atoms with Gasteiger partial charge in [-0.15, -0.1) is 11.3 Å². The van der Waals surface area contributed by atoms with Crippen LogP contribution in [0.25, 0.3) is 11.3 Å². The molecule has 0 radical (unpaired) electrons. The standard InChI is InChI=1S/C18H13F2N3O3S/c1-10-17(12-6-7-13(19)14(20)8-12)22-18(27-10)21-16(24)9-11-4-2-3-5-15(11)23(25)26/h2-8H,9H2,1H3,(H,21,22,24). The summed E-state index contributed by atoms with van der Waals surface area (Å²) in [6.07, 6.45) is -0.184. The summed E-state index contributed by atoms with van der Waals surface area (Å²) >= 11 is 1.18. The molecule has 1 heterocycles. The van der Waals surface area contributed by atoms with Gasteiger partial charge in [0.25, 0.3) is 5.69 Å². The van der Waals surface area contributed by atoms with Crippen molar-refractivity contribution in [3.05, 3.63) is 74.7 Å². The maximum atomic E-state index is 13.4. The zero-order valence-electron chi connectivity index (χ0n) is 14.0. The second-order valence-electron chi connectivity index (χ2n) is 5.66. The Kier molecular flexibility index (Phi) is 5.22. The first-order valence-corrected chi connectivity index (χ1v) is 8.62. The van der Waals surface area contributed by atoms with E-state index < -0.39 is 22.5 Å². The first-order chi connectivity index (χ1) is 12.8. The molecule has 0 saturated heterocycles. The summed E-state index contributed by atoms with van der Waals surface area (Å²) in [5.41, 5.74) is 0.973. The largest absolute Gasteiger partial charge is 0.302 e. The van der Waals surface area contributed by atoms with Gasteiger partial charge in [0.05, 0.1) is 17.0 Å². The van der Waals surface area contributed by atoms with Gasteiger partial charge in [0.15, 0.2) is 16.8 Å². The second kappa shape index (κ2) is 7.58. The number of halogens is 2. The van der Waals surface area contributed by atoms with Crippen molar-refractivity contribution in [2.45, 2.75) is 13.3 Å². The maximum Gasteiger partial charge on any atom is 0.273 e. The fourth-order valence-corrected chi connectivity index (χ4v) is 3.39. The van der Waals surface area contributed by atoms with Gasteiger partial charge in [-0.3, -0.25) is 14.9 Å². The molecule has 0 fully saturated rings. The molecule has 3 rings (SSSR count). The molecule has 1 N–H and O–H groups in total. The number of nitrogens with zero attached hydrogens (tertiary/aromatic N) is 2. The molecule has 2 aromatic carbocycles. The quantitative estimate of drug-likeness (QED) is 0.515. The fraction of sp³-hybridized carbons (Fsp3) is 0.111. The average molecular weight is 389 g/mol. The molecule has 138 valence electrons. The number of carbonyl (C=O) groups excluding carboxylic acids is 1. The van der Waals surface area contributed by atoms with Crippen molar-refractivity contribution < 1.29 is 18.5 Å². The molecule has 0 bridgehead atoms. The number of aryl methyl sites for hydroxylation is 1. The summed E-state index contributed by atoms with van der Waals surface area (Å²) < 4.78 is 26.5. The van der Waals surface area contributed by atoms with E-state index in [9.17, 15) is 23.7 Å². The second-order valence-corrected chi connectivity index (χ2v) is 6.87. The lowest BCUT2D eigenvalue weighted by molar-refractivity contribution is -0.385. The molecule has 0 aliphatic heterocycles. The summed E-state index contributed by atoms with van der Waals surface area (Å²) in [7, 11) is 0. The maximum absolute atomic E-state index is 13.4. The number of aromatic nitrogens is 1. The summed E-state index contributed by atoms with van der Waals surface area (Å²) in [5, 5.41) is 13.9. The van der Waals surface area contributed by atoms with Crippen LogP contribution in [0.4, 0.5) is 19.6 Å². The Labute approximate surface area is 156 Å².